The molecule has 1 unspecified atom stereocenters. The van der Waals surface area contributed by atoms with Crippen molar-refractivity contribution in [2.45, 2.75) is 39.7 Å². The maximum atomic E-state index is 11.8. The Kier molecular flexibility index (Phi) is 4.73. The van der Waals surface area contributed by atoms with Crippen LogP contribution in [0.3, 0.4) is 0 Å². The molecule has 1 amide bonds. The van der Waals surface area contributed by atoms with E-state index in [2.05, 4.69) is 24.1 Å². The number of carbonyl (C=O) groups excluding carboxylic acids is 1. The second kappa shape index (κ2) is 5.84. The summed E-state index contributed by atoms with van der Waals surface area (Å²) >= 11 is 1.29. The van der Waals surface area contributed by atoms with Gasteiger partial charge in [0.15, 0.2) is 5.13 Å². The fourth-order valence-electron chi connectivity index (χ4n) is 1.79. The van der Waals surface area contributed by atoms with E-state index in [1.807, 2.05) is 6.92 Å². The molecule has 0 aliphatic carbocycles. The van der Waals surface area contributed by atoms with E-state index in [0.29, 0.717) is 16.7 Å². The Hall–Kier alpha value is -1.10. The summed E-state index contributed by atoms with van der Waals surface area (Å²) in [5.41, 5.74) is 5.90. The van der Waals surface area contributed by atoms with Crippen molar-refractivity contribution in [1.82, 2.24) is 10.3 Å². The summed E-state index contributed by atoms with van der Waals surface area (Å²) < 4.78 is 0. The molecular formula is C11H19N3OS. The smallest absolute Gasteiger partial charge is 0.271 e. The monoisotopic (exact) mass is 241 g/mol. The lowest BCUT2D eigenvalue weighted by atomic mass is 9.95. The molecule has 0 bridgehead atoms. The number of nitrogens with zero attached hydrogens (tertiary/aromatic N) is 1. The maximum absolute atomic E-state index is 11.8. The molecule has 5 heteroatoms. The summed E-state index contributed by atoms with van der Waals surface area (Å²) in [7, 11) is 0. The van der Waals surface area contributed by atoms with Crippen LogP contribution in [0.15, 0.2) is 5.38 Å². The Labute approximate surface area is 100 Å². The molecule has 0 radical (unpaired) electrons. The fraction of sp³-hybridized carbons (Fsp3) is 0.636. The second-order valence-corrected chi connectivity index (χ2v) is 4.80. The third-order valence-electron chi connectivity index (χ3n) is 2.87. The summed E-state index contributed by atoms with van der Waals surface area (Å²) in [6, 6.07) is 0.172. The number of nitrogens with one attached hydrogen (secondary N) is 1. The minimum atomic E-state index is -0.132. The van der Waals surface area contributed by atoms with Crippen LogP contribution < -0.4 is 11.1 Å². The van der Waals surface area contributed by atoms with Gasteiger partial charge in [-0.25, -0.2) is 4.98 Å². The topological polar surface area (TPSA) is 68.0 Å². The van der Waals surface area contributed by atoms with Crippen molar-refractivity contribution in [2.75, 3.05) is 5.73 Å². The highest BCUT2D eigenvalue weighted by Gasteiger charge is 2.17. The van der Waals surface area contributed by atoms with E-state index in [9.17, 15) is 4.79 Å². The van der Waals surface area contributed by atoms with Gasteiger partial charge in [0.1, 0.15) is 5.69 Å². The summed E-state index contributed by atoms with van der Waals surface area (Å²) in [6.07, 6.45) is 2.13. The first-order chi connectivity index (χ1) is 7.58. The highest BCUT2D eigenvalue weighted by Crippen LogP contribution is 2.15. The zero-order valence-electron chi connectivity index (χ0n) is 9.99. The van der Waals surface area contributed by atoms with Gasteiger partial charge < -0.3 is 11.1 Å². The Bertz CT molecular complexity index is 347. The van der Waals surface area contributed by atoms with Crippen LogP contribution >= 0.6 is 11.3 Å². The molecule has 0 aromatic carbocycles. The normalized spacial score (nSPS) is 12.8. The van der Waals surface area contributed by atoms with Gasteiger partial charge in [0, 0.05) is 11.4 Å². The molecule has 0 fully saturated rings. The summed E-state index contributed by atoms with van der Waals surface area (Å²) in [5, 5.41) is 5.08. The predicted molar refractivity (Wildman–Crippen MR) is 67.5 cm³/mol. The van der Waals surface area contributed by atoms with E-state index in [1.165, 1.54) is 11.3 Å². The van der Waals surface area contributed by atoms with Crippen molar-refractivity contribution in [3.63, 3.8) is 0 Å². The van der Waals surface area contributed by atoms with Crippen LogP contribution in [0, 0.1) is 5.92 Å². The Morgan fingerprint density at radius 2 is 2.19 bits per heavy atom. The first kappa shape index (κ1) is 13.0. The van der Waals surface area contributed by atoms with E-state index in [4.69, 9.17) is 5.73 Å². The van der Waals surface area contributed by atoms with Gasteiger partial charge in [-0.05, 0) is 12.8 Å². The van der Waals surface area contributed by atoms with Gasteiger partial charge >= 0.3 is 0 Å². The Morgan fingerprint density at radius 1 is 1.56 bits per heavy atom. The highest BCUT2D eigenvalue weighted by atomic mass is 32.1. The number of nitrogens with two attached hydrogens (primary N) is 1. The van der Waals surface area contributed by atoms with Crippen LogP contribution in [0.1, 0.15) is 44.1 Å². The quantitative estimate of drug-likeness (QED) is 0.831. The van der Waals surface area contributed by atoms with Gasteiger partial charge in [0.05, 0.1) is 0 Å². The zero-order chi connectivity index (χ0) is 12.1. The maximum Gasteiger partial charge on any atom is 0.271 e. The molecule has 0 saturated heterocycles. The first-order valence-electron chi connectivity index (χ1n) is 5.60. The number of anilines is 1. The van der Waals surface area contributed by atoms with Gasteiger partial charge in [-0.3, -0.25) is 4.79 Å². The largest absolute Gasteiger partial charge is 0.375 e. The number of aromatic nitrogens is 1. The summed E-state index contributed by atoms with van der Waals surface area (Å²) in [4.78, 5) is 15.7. The fourth-order valence-corrected chi connectivity index (χ4v) is 2.33. The average Bonchev–Trinajstić information content (AvgIpc) is 2.66. The zero-order valence-corrected chi connectivity index (χ0v) is 10.8. The number of nitrogen functional groups attached to an aromatic ring is 1. The molecule has 0 aliphatic rings. The lowest BCUT2D eigenvalue weighted by Gasteiger charge is -2.21. The SMILES string of the molecule is CCC(CC)C(C)NC(=O)c1csc(N)n1. The van der Waals surface area contributed by atoms with Crippen molar-refractivity contribution in [2.24, 2.45) is 5.92 Å². The second-order valence-electron chi connectivity index (χ2n) is 3.91. The lowest BCUT2D eigenvalue weighted by Crippen LogP contribution is -2.37. The first-order valence-corrected chi connectivity index (χ1v) is 6.48. The van der Waals surface area contributed by atoms with E-state index in [0.717, 1.165) is 12.8 Å². The molecule has 90 valence electrons. The molecule has 1 rings (SSSR count). The van der Waals surface area contributed by atoms with E-state index < -0.39 is 0 Å². The molecule has 0 spiro atoms. The van der Waals surface area contributed by atoms with Crippen molar-refractivity contribution in [3.05, 3.63) is 11.1 Å². The van der Waals surface area contributed by atoms with Crippen LogP contribution in [0.5, 0.6) is 0 Å². The number of carbonyl (C=O) groups is 1. The van der Waals surface area contributed by atoms with E-state index in [-0.39, 0.29) is 11.9 Å². The van der Waals surface area contributed by atoms with Crippen LogP contribution in [0.2, 0.25) is 0 Å². The van der Waals surface area contributed by atoms with E-state index in [1.54, 1.807) is 5.38 Å². The summed E-state index contributed by atoms with van der Waals surface area (Å²) in [6.45, 7) is 6.31. The Morgan fingerprint density at radius 3 is 2.62 bits per heavy atom. The summed E-state index contributed by atoms with van der Waals surface area (Å²) in [5.74, 6) is 0.382. The van der Waals surface area contributed by atoms with Crippen molar-refractivity contribution >= 4 is 22.4 Å². The Balaban J connectivity index is 2.57. The van der Waals surface area contributed by atoms with Gasteiger partial charge in [0.25, 0.3) is 5.91 Å². The average molecular weight is 241 g/mol. The number of rotatable bonds is 5. The highest BCUT2D eigenvalue weighted by molar-refractivity contribution is 7.13. The molecular weight excluding hydrogens is 222 g/mol. The third kappa shape index (κ3) is 3.20. The number of hydrogen-bond acceptors (Lipinski definition) is 4. The van der Waals surface area contributed by atoms with E-state index >= 15 is 0 Å². The molecule has 1 aromatic rings. The van der Waals surface area contributed by atoms with Crippen molar-refractivity contribution < 1.29 is 4.79 Å². The molecule has 4 nitrogen and oxygen atoms in total. The molecule has 0 aliphatic heterocycles. The molecule has 1 heterocycles. The number of hydrogen-bond donors (Lipinski definition) is 2. The molecule has 1 atom stereocenters. The van der Waals surface area contributed by atoms with Crippen LogP contribution in [0.25, 0.3) is 0 Å². The lowest BCUT2D eigenvalue weighted by molar-refractivity contribution is 0.0921. The molecule has 3 N–H and O–H groups in total. The van der Waals surface area contributed by atoms with Crippen LogP contribution in [-0.4, -0.2) is 16.9 Å². The minimum absolute atomic E-state index is 0.132. The standard InChI is InChI=1S/C11H19N3OS/c1-4-8(5-2)7(3)13-10(15)9-6-16-11(12)14-9/h6-8H,4-5H2,1-3H3,(H2,12,14)(H,13,15). The van der Waals surface area contributed by atoms with Gasteiger partial charge in [-0.15, -0.1) is 11.3 Å². The van der Waals surface area contributed by atoms with Gasteiger partial charge in [0.2, 0.25) is 0 Å². The minimum Gasteiger partial charge on any atom is -0.375 e. The van der Waals surface area contributed by atoms with Crippen LogP contribution in [0.4, 0.5) is 5.13 Å². The van der Waals surface area contributed by atoms with Gasteiger partial charge in [-0.2, -0.15) is 0 Å². The van der Waals surface area contributed by atoms with Crippen molar-refractivity contribution in [3.8, 4) is 0 Å². The predicted octanol–water partition coefficient (Wildman–Crippen LogP) is 2.28. The molecule has 16 heavy (non-hydrogen) atoms. The molecule has 0 saturated carbocycles. The third-order valence-corrected chi connectivity index (χ3v) is 3.54. The number of amides is 1. The molecule has 1 aromatic heterocycles. The number of thiazole rings is 1. The van der Waals surface area contributed by atoms with Gasteiger partial charge in [-0.1, -0.05) is 26.7 Å². The van der Waals surface area contributed by atoms with Crippen LogP contribution in [-0.2, 0) is 0 Å². The van der Waals surface area contributed by atoms with Crippen molar-refractivity contribution in [1.29, 1.82) is 0 Å².